The smallest absolute Gasteiger partial charge is 0.245 e. The highest BCUT2D eigenvalue weighted by Gasteiger charge is 2.29. The molecule has 6 heteroatoms. The Bertz CT molecular complexity index is 443. The van der Waals surface area contributed by atoms with E-state index in [1.54, 1.807) is 19.3 Å². The van der Waals surface area contributed by atoms with E-state index in [1.165, 1.54) is 4.90 Å². The quantitative estimate of drug-likeness (QED) is 0.757. The summed E-state index contributed by atoms with van der Waals surface area (Å²) in [4.78, 5) is 32.9. The van der Waals surface area contributed by atoms with E-state index in [2.05, 4.69) is 15.3 Å². The third-order valence-corrected chi connectivity index (χ3v) is 2.58. The number of hydrogen-bond donors (Lipinski definition) is 1. The van der Waals surface area contributed by atoms with Crippen LogP contribution in [-0.2, 0) is 16.1 Å². The Morgan fingerprint density at radius 3 is 2.82 bits per heavy atom. The number of rotatable bonds is 2. The van der Waals surface area contributed by atoms with Crippen molar-refractivity contribution in [2.75, 3.05) is 6.54 Å². The van der Waals surface area contributed by atoms with Crippen LogP contribution in [0.5, 0.6) is 0 Å². The zero-order chi connectivity index (χ0) is 12.4. The highest BCUT2D eigenvalue weighted by Crippen LogP contribution is 2.07. The van der Waals surface area contributed by atoms with Crippen LogP contribution in [0.15, 0.2) is 12.4 Å². The van der Waals surface area contributed by atoms with E-state index < -0.39 is 6.04 Å². The number of piperazine rings is 1. The summed E-state index contributed by atoms with van der Waals surface area (Å²) in [7, 11) is 0. The molecule has 1 atom stereocenters. The fourth-order valence-electron chi connectivity index (χ4n) is 1.70. The number of nitrogens with zero attached hydrogens (tertiary/aromatic N) is 3. The number of carbonyl (C=O) groups is 2. The molecular formula is C11H14N4O2. The number of carbonyl (C=O) groups excluding carboxylic acids is 2. The van der Waals surface area contributed by atoms with Crippen LogP contribution in [0.2, 0.25) is 0 Å². The second-order valence-electron chi connectivity index (χ2n) is 4.13. The van der Waals surface area contributed by atoms with Gasteiger partial charge in [0.2, 0.25) is 11.8 Å². The normalized spacial score (nSPS) is 20.4. The third-order valence-electron chi connectivity index (χ3n) is 2.58. The molecule has 1 aromatic heterocycles. The maximum Gasteiger partial charge on any atom is 0.245 e. The summed E-state index contributed by atoms with van der Waals surface area (Å²) in [5.41, 5.74) is 1.51. The van der Waals surface area contributed by atoms with E-state index >= 15 is 0 Å². The van der Waals surface area contributed by atoms with Gasteiger partial charge in [0.25, 0.3) is 0 Å². The lowest BCUT2D eigenvalue weighted by atomic mass is 10.2. The number of hydrogen-bond acceptors (Lipinski definition) is 4. The Hall–Kier alpha value is -1.98. The molecule has 1 saturated heterocycles. The van der Waals surface area contributed by atoms with E-state index in [9.17, 15) is 9.59 Å². The minimum Gasteiger partial charge on any atom is -0.343 e. The average molecular weight is 234 g/mol. The predicted molar refractivity (Wildman–Crippen MR) is 59.8 cm³/mol. The van der Waals surface area contributed by atoms with Crippen LogP contribution in [0.3, 0.4) is 0 Å². The van der Waals surface area contributed by atoms with E-state index in [1.807, 2.05) is 6.92 Å². The number of nitrogens with one attached hydrogen (secondary N) is 1. The van der Waals surface area contributed by atoms with Crippen molar-refractivity contribution in [1.82, 2.24) is 20.2 Å². The monoisotopic (exact) mass is 234 g/mol. The van der Waals surface area contributed by atoms with Gasteiger partial charge in [0.1, 0.15) is 12.6 Å². The average Bonchev–Trinajstić information content (AvgIpc) is 2.28. The highest BCUT2D eigenvalue weighted by atomic mass is 16.2. The standard InChI is InChI=1S/C11H14N4O2/c1-7-3-13-9(4-12-7)5-15-6-10(16)14-8(2)11(15)17/h3-4,8H,5-6H2,1-2H3,(H,14,16). The van der Waals surface area contributed by atoms with Crippen molar-refractivity contribution < 1.29 is 9.59 Å². The predicted octanol–water partition coefficient (Wildman–Crippen LogP) is -0.368. The molecule has 1 aliphatic heterocycles. The highest BCUT2D eigenvalue weighted by molar-refractivity contribution is 5.94. The zero-order valence-corrected chi connectivity index (χ0v) is 9.80. The first-order valence-electron chi connectivity index (χ1n) is 5.42. The lowest BCUT2D eigenvalue weighted by molar-refractivity contribution is -0.144. The Labute approximate surface area is 99.1 Å². The number of aryl methyl sites for hydroxylation is 1. The fraction of sp³-hybridized carbons (Fsp3) is 0.455. The van der Waals surface area contributed by atoms with Crippen LogP contribution in [0, 0.1) is 6.92 Å². The topological polar surface area (TPSA) is 75.2 Å². The molecule has 2 amide bonds. The molecular weight excluding hydrogens is 220 g/mol. The molecule has 90 valence electrons. The maximum atomic E-state index is 11.8. The van der Waals surface area contributed by atoms with Crippen LogP contribution >= 0.6 is 0 Å². The van der Waals surface area contributed by atoms with Crippen LogP contribution in [0.4, 0.5) is 0 Å². The molecule has 0 radical (unpaired) electrons. The third kappa shape index (κ3) is 2.58. The van der Waals surface area contributed by atoms with Gasteiger partial charge in [-0.2, -0.15) is 0 Å². The van der Waals surface area contributed by atoms with Gasteiger partial charge in [-0.25, -0.2) is 0 Å². The van der Waals surface area contributed by atoms with Gasteiger partial charge in [0.05, 0.1) is 24.1 Å². The van der Waals surface area contributed by atoms with Crippen molar-refractivity contribution >= 4 is 11.8 Å². The Morgan fingerprint density at radius 2 is 2.18 bits per heavy atom. The molecule has 1 N–H and O–H groups in total. The number of aromatic nitrogens is 2. The van der Waals surface area contributed by atoms with Gasteiger partial charge < -0.3 is 10.2 Å². The summed E-state index contributed by atoms with van der Waals surface area (Å²) in [6.07, 6.45) is 3.27. The largest absolute Gasteiger partial charge is 0.343 e. The van der Waals surface area contributed by atoms with Gasteiger partial charge >= 0.3 is 0 Å². The lowest BCUT2D eigenvalue weighted by Crippen LogP contribution is -2.56. The second-order valence-corrected chi connectivity index (χ2v) is 4.13. The van der Waals surface area contributed by atoms with Crippen molar-refractivity contribution in [2.24, 2.45) is 0 Å². The summed E-state index contributed by atoms with van der Waals surface area (Å²) in [5.74, 6) is -0.232. The number of amides is 2. The van der Waals surface area contributed by atoms with Gasteiger partial charge in [-0.3, -0.25) is 19.6 Å². The first kappa shape index (κ1) is 11.5. The molecule has 6 nitrogen and oxygen atoms in total. The van der Waals surface area contributed by atoms with Gasteiger partial charge in [-0.1, -0.05) is 0 Å². The first-order chi connectivity index (χ1) is 8.06. The molecule has 2 rings (SSSR count). The van der Waals surface area contributed by atoms with Crippen molar-refractivity contribution in [3.8, 4) is 0 Å². The van der Waals surface area contributed by atoms with E-state index in [0.29, 0.717) is 12.2 Å². The Kier molecular flexibility index (Phi) is 3.03. The van der Waals surface area contributed by atoms with E-state index in [0.717, 1.165) is 5.69 Å². The molecule has 17 heavy (non-hydrogen) atoms. The van der Waals surface area contributed by atoms with Gasteiger partial charge in [-0.15, -0.1) is 0 Å². The van der Waals surface area contributed by atoms with Crippen molar-refractivity contribution in [3.05, 3.63) is 23.8 Å². The summed E-state index contributed by atoms with van der Waals surface area (Å²) >= 11 is 0. The molecule has 1 aliphatic rings. The van der Waals surface area contributed by atoms with Crippen LogP contribution in [-0.4, -0.2) is 39.3 Å². The van der Waals surface area contributed by atoms with Crippen LogP contribution in [0.1, 0.15) is 18.3 Å². The van der Waals surface area contributed by atoms with E-state index in [4.69, 9.17) is 0 Å². The molecule has 1 unspecified atom stereocenters. The molecule has 1 aromatic rings. The molecule has 0 saturated carbocycles. The Balaban J connectivity index is 2.09. The Morgan fingerprint density at radius 1 is 1.41 bits per heavy atom. The second kappa shape index (κ2) is 4.48. The van der Waals surface area contributed by atoms with E-state index in [-0.39, 0.29) is 18.4 Å². The summed E-state index contributed by atoms with van der Waals surface area (Å²) in [6, 6.07) is -0.463. The fourth-order valence-corrected chi connectivity index (χ4v) is 1.70. The van der Waals surface area contributed by atoms with Gasteiger partial charge in [0, 0.05) is 6.20 Å². The van der Waals surface area contributed by atoms with Crippen molar-refractivity contribution in [3.63, 3.8) is 0 Å². The van der Waals surface area contributed by atoms with Crippen LogP contribution in [0.25, 0.3) is 0 Å². The molecule has 0 aliphatic carbocycles. The molecule has 0 aromatic carbocycles. The zero-order valence-electron chi connectivity index (χ0n) is 9.80. The minimum absolute atomic E-state index is 0.0821. The van der Waals surface area contributed by atoms with Crippen LogP contribution < -0.4 is 5.32 Å². The minimum atomic E-state index is -0.463. The maximum absolute atomic E-state index is 11.8. The van der Waals surface area contributed by atoms with Crippen molar-refractivity contribution in [2.45, 2.75) is 26.4 Å². The molecule has 1 fully saturated rings. The SMILES string of the molecule is Cc1cnc(CN2CC(=O)NC(C)C2=O)cn1. The first-order valence-corrected chi connectivity index (χ1v) is 5.42. The summed E-state index contributed by atoms with van der Waals surface area (Å²) < 4.78 is 0. The van der Waals surface area contributed by atoms with Gasteiger partial charge in [0.15, 0.2) is 0 Å². The summed E-state index contributed by atoms with van der Waals surface area (Å²) in [6.45, 7) is 3.92. The molecule has 2 heterocycles. The van der Waals surface area contributed by atoms with Crippen molar-refractivity contribution in [1.29, 1.82) is 0 Å². The van der Waals surface area contributed by atoms with Gasteiger partial charge in [-0.05, 0) is 13.8 Å². The summed E-state index contributed by atoms with van der Waals surface area (Å²) in [5, 5.41) is 2.59. The molecule has 0 spiro atoms. The molecule has 0 bridgehead atoms. The lowest BCUT2D eigenvalue weighted by Gasteiger charge is -2.30.